The van der Waals surface area contributed by atoms with Crippen LogP contribution >= 0.6 is 0 Å². The van der Waals surface area contributed by atoms with Gasteiger partial charge in [-0.2, -0.15) is 0 Å². The largest absolute Gasteiger partial charge is 0.440 e. The van der Waals surface area contributed by atoms with Crippen LogP contribution in [0, 0.1) is 0 Å². The molecule has 0 spiro atoms. The van der Waals surface area contributed by atoms with Crippen molar-refractivity contribution in [2.45, 2.75) is 25.9 Å². The molecule has 1 aliphatic heterocycles. The molecule has 1 amide bonds. The molecular weight excluding hydrogens is 284 g/mol. The molecule has 1 atom stereocenters. The molecule has 6 nitrogen and oxygen atoms in total. The molecule has 1 aliphatic rings. The predicted octanol–water partition coefficient (Wildman–Crippen LogP) is 2.10. The van der Waals surface area contributed by atoms with E-state index >= 15 is 0 Å². The van der Waals surface area contributed by atoms with E-state index in [1.807, 2.05) is 13.8 Å². The van der Waals surface area contributed by atoms with E-state index in [0.717, 1.165) is 5.52 Å². The first kappa shape index (κ1) is 15.0. The van der Waals surface area contributed by atoms with Gasteiger partial charge in [0.15, 0.2) is 11.5 Å². The van der Waals surface area contributed by atoms with Crippen molar-refractivity contribution in [3.05, 3.63) is 29.7 Å². The van der Waals surface area contributed by atoms with Gasteiger partial charge in [-0.3, -0.25) is 4.79 Å². The molecule has 2 aromatic rings. The second-order valence-corrected chi connectivity index (χ2v) is 5.67. The van der Waals surface area contributed by atoms with Crippen LogP contribution in [0.2, 0.25) is 0 Å². The van der Waals surface area contributed by atoms with E-state index in [4.69, 9.17) is 13.9 Å². The molecule has 0 bridgehead atoms. The Morgan fingerprint density at radius 3 is 3.00 bits per heavy atom. The van der Waals surface area contributed by atoms with Crippen LogP contribution in [0.25, 0.3) is 11.1 Å². The summed E-state index contributed by atoms with van der Waals surface area (Å²) in [6.07, 6.45) is -0.0840. The number of nitrogens with one attached hydrogen (secondary N) is 1. The summed E-state index contributed by atoms with van der Waals surface area (Å²) in [7, 11) is 0. The number of hydrogen-bond donors (Lipinski definition) is 1. The highest BCUT2D eigenvalue weighted by Gasteiger charge is 2.17. The van der Waals surface area contributed by atoms with Gasteiger partial charge < -0.3 is 19.2 Å². The Labute approximate surface area is 128 Å². The molecule has 2 heterocycles. The zero-order chi connectivity index (χ0) is 15.5. The predicted molar refractivity (Wildman–Crippen MR) is 81.0 cm³/mol. The molecule has 1 fully saturated rings. The number of fused-ring (bicyclic) bond motifs is 1. The lowest BCUT2D eigenvalue weighted by atomic mass is 10.2. The van der Waals surface area contributed by atoms with Crippen LogP contribution in [-0.2, 0) is 9.47 Å². The van der Waals surface area contributed by atoms with E-state index in [0.29, 0.717) is 43.4 Å². The molecule has 6 heteroatoms. The standard InChI is InChI=1S/C16H20N2O4/c1-10(2)16-18-13-4-3-11(7-14(13)22-16)15(19)17-8-12-9-20-5-6-21-12/h3-4,7,10,12H,5-6,8-9H2,1-2H3,(H,17,19)/t12-/m0/s1. The van der Waals surface area contributed by atoms with Gasteiger partial charge >= 0.3 is 0 Å². The normalized spacial score (nSPS) is 18.8. The molecule has 0 aliphatic carbocycles. The minimum absolute atomic E-state index is 0.0840. The second-order valence-electron chi connectivity index (χ2n) is 5.67. The monoisotopic (exact) mass is 304 g/mol. The molecule has 0 saturated carbocycles. The van der Waals surface area contributed by atoms with Gasteiger partial charge in [-0.25, -0.2) is 4.98 Å². The van der Waals surface area contributed by atoms with Gasteiger partial charge in [0.1, 0.15) is 5.52 Å². The number of benzene rings is 1. The van der Waals surface area contributed by atoms with Crippen molar-refractivity contribution in [3.63, 3.8) is 0 Å². The molecule has 1 N–H and O–H groups in total. The van der Waals surface area contributed by atoms with E-state index in [9.17, 15) is 4.79 Å². The lowest BCUT2D eigenvalue weighted by Crippen LogP contribution is -2.39. The van der Waals surface area contributed by atoms with E-state index in [1.54, 1.807) is 18.2 Å². The summed E-state index contributed by atoms with van der Waals surface area (Å²) in [5.74, 6) is 0.743. The first-order valence-corrected chi connectivity index (χ1v) is 7.51. The Morgan fingerprint density at radius 1 is 1.41 bits per heavy atom. The van der Waals surface area contributed by atoms with Crippen molar-refractivity contribution in [2.24, 2.45) is 0 Å². The van der Waals surface area contributed by atoms with Crippen LogP contribution in [0.4, 0.5) is 0 Å². The van der Waals surface area contributed by atoms with Gasteiger partial charge in [0.05, 0.1) is 25.9 Å². The summed E-state index contributed by atoms with van der Waals surface area (Å²) < 4.78 is 16.5. The molecule has 1 saturated heterocycles. The van der Waals surface area contributed by atoms with Crippen LogP contribution in [0.15, 0.2) is 22.6 Å². The summed E-state index contributed by atoms with van der Waals surface area (Å²) >= 11 is 0. The van der Waals surface area contributed by atoms with E-state index in [-0.39, 0.29) is 17.9 Å². The number of ether oxygens (including phenoxy) is 2. The summed E-state index contributed by atoms with van der Waals surface area (Å²) in [5.41, 5.74) is 1.95. The number of carbonyl (C=O) groups is 1. The summed E-state index contributed by atoms with van der Waals surface area (Å²) in [6, 6.07) is 5.28. The van der Waals surface area contributed by atoms with Crippen molar-refractivity contribution in [1.29, 1.82) is 0 Å². The number of oxazole rings is 1. The van der Waals surface area contributed by atoms with Crippen LogP contribution < -0.4 is 5.32 Å². The third kappa shape index (κ3) is 3.28. The summed E-state index contributed by atoms with van der Waals surface area (Å²) in [4.78, 5) is 16.6. The number of hydrogen-bond acceptors (Lipinski definition) is 5. The topological polar surface area (TPSA) is 73.6 Å². The first-order valence-electron chi connectivity index (χ1n) is 7.51. The second kappa shape index (κ2) is 6.46. The average molecular weight is 304 g/mol. The fraction of sp³-hybridized carbons (Fsp3) is 0.500. The fourth-order valence-electron chi connectivity index (χ4n) is 2.29. The van der Waals surface area contributed by atoms with Gasteiger partial charge in [-0.1, -0.05) is 13.8 Å². The van der Waals surface area contributed by atoms with E-state index in [1.165, 1.54) is 0 Å². The number of carbonyl (C=O) groups excluding carboxylic acids is 1. The molecule has 0 radical (unpaired) electrons. The van der Waals surface area contributed by atoms with Crippen LogP contribution in [-0.4, -0.2) is 43.4 Å². The smallest absolute Gasteiger partial charge is 0.251 e. The maximum absolute atomic E-state index is 12.2. The minimum Gasteiger partial charge on any atom is -0.440 e. The lowest BCUT2D eigenvalue weighted by Gasteiger charge is -2.23. The summed E-state index contributed by atoms with van der Waals surface area (Å²) in [6.45, 7) is 6.17. The molecule has 118 valence electrons. The molecular formula is C16H20N2O4. The van der Waals surface area contributed by atoms with Gasteiger partial charge in [-0.05, 0) is 18.2 Å². The molecule has 1 aromatic heterocycles. The summed E-state index contributed by atoms with van der Waals surface area (Å²) in [5, 5.41) is 2.86. The lowest BCUT2D eigenvalue weighted by molar-refractivity contribution is -0.0855. The van der Waals surface area contributed by atoms with Crippen molar-refractivity contribution in [3.8, 4) is 0 Å². The zero-order valence-corrected chi connectivity index (χ0v) is 12.8. The maximum atomic E-state index is 12.2. The molecule has 1 aromatic carbocycles. The van der Waals surface area contributed by atoms with Crippen molar-refractivity contribution in [2.75, 3.05) is 26.4 Å². The van der Waals surface area contributed by atoms with Crippen LogP contribution in [0.3, 0.4) is 0 Å². The Hall–Kier alpha value is -1.92. The van der Waals surface area contributed by atoms with Gasteiger partial charge in [0.2, 0.25) is 0 Å². The number of nitrogens with zero attached hydrogens (tertiary/aromatic N) is 1. The molecule has 22 heavy (non-hydrogen) atoms. The third-order valence-electron chi connectivity index (χ3n) is 3.54. The van der Waals surface area contributed by atoms with Crippen molar-refractivity contribution in [1.82, 2.24) is 10.3 Å². The maximum Gasteiger partial charge on any atom is 0.251 e. The highest BCUT2D eigenvalue weighted by Crippen LogP contribution is 2.22. The van der Waals surface area contributed by atoms with Gasteiger partial charge in [0.25, 0.3) is 5.91 Å². The van der Waals surface area contributed by atoms with Gasteiger partial charge in [0, 0.05) is 18.0 Å². The van der Waals surface area contributed by atoms with E-state index in [2.05, 4.69) is 10.3 Å². The number of aromatic nitrogens is 1. The van der Waals surface area contributed by atoms with Gasteiger partial charge in [-0.15, -0.1) is 0 Å². The molecule has 3 rings (SSSR count). The quantitative estimate of drug-likeness (QED) is 0.936. The number of rotatable bonds is 4. The highest BCUT2D eigenvalue weighted by molar-refractivity contribution is 5.97. The Kier molecular flexibility index (Phi) is 4.40. The first-order chi connectivity index (χ1) is 10.6. The van der Waals surface area contributed by atoms with Crippen molar-refractivity contribution < 1.29 is 18.7 Å². The van der Waals surface area contributed by atoms with E-state index < -0.39 is 0 Å². The molecule has 0 unspecified atom stereocenters. The minimum atomic E-state index is -0.154. The fourth-order valence-corrected chi connectivity index (χ4v) is 2.29. The Bertz CT molecular complexity index is 659. The SMILES string of the molecule is CC(C)c1nc2ccc(C(=O)NC[C@H]3COCCO3)cc2o1. The Balaban J connectivity index is 1.67. The average Bonchev–Trinajstić information content (AvgIpc) is 2.97. The van der Waals surface area contributed by atoms with Crippen LogP contribution in [0.5, 0.6) is 0 Å². The van der Waals surface area contributed by atoms with Crippen LogP contribution in [0.1, 0.15) is 36.0 Å². The third-order valence-corrected chi connectivity index (χ3v) is 3.54. The zero-order valence-electron chi connectivity index (χ0n) is 12.8. The highest BCUT2D eigenvalue weighted by atomic mass is 16.6. The van der Waals surface area contributed by atoms with Crippen molar-refractivity contribution >= 4 is 17.0 Å². The number of amides is 1. The Morgan fingerprint density at radius 2 is 2.27 bits per heavy atom.